The van der Waals surface area contributed by atoms with E-state index in [1.807, 2.05) is 11.4 Å². The van der Waals surface area contributed by atoms with Crippen molar-refractivity contribution in [2.45, 2.75) is 12.8 Å². The number of carbonyl (C=O) groups is 1. The summed E-state index contributed by atoms with van der Waals surface area (Å²) >= 11 is 10.3. The van der Waals surface area contributed by atoms with Gasteiger partial charge in [-0.05, 0) is 34.8 Å². The van der Waals surface area contributed by atoms with E-state index in [0.717, 1.165) is 16.6 Å². The number of thiophene rings is 1. The van der Waals surface area contributed by atoms with Crippen LogP contribution in [0.2, 0.25) is 0 Å². The summed E-state index contributed by atoms with van der Waals surface area (Å²) in [4.78, 5) is 11.5. The molecule has 1 N–H and O–H groups in total. The molecule has 0 aliphatic carbocycles. The van der Waals surface area contributed by atoms with Gasteiger partial charge in [-0.1, -0.05) is 0 Å². The number of nitrogens with one attached hydrogen (secondary N) is 1. The van der Waals surface area contributed by atoms with Gasteiger partial charge in [0.25, 0.3) is 5.91 Å². The normalized spacial score (nSPS) is 10.1. The first-order chi connectivity index (χ1) is 6.74. The zero-order valence-electron chi connectivity index (χ0n) is 7.56. The van der Waals surface area contributed by atoms with E-state index in [0.29, 0.717) is 18.0 Å². The molecule has 1 aromatic heterocycles. The van der Waals surface area contributed by atoms with Crippen molar-refractivity contribution in [1.82, 2.24) is 5.32 Å². The fourth-order valence-electron chi connectivity index (χ4n) is 0.953. The van der Waals surface area contributed by atoms with Crippen molar-refractivity contribution in [3.63, 3.8) is 0 Å². The highest BCUT2D eigenvalue weighted by Crippen LogP contribution is 2.20. The van der Waals surface area contributed by atoms with Crippen LogP contribution in [0.3, 0.4) is 0 Å². The second-order valence-electron chi connectivity index (χ2n) is 2.79. The molecule has 0 atom stereocenters. The van der Waals surface area contributed by atoms with Gasteiger partial charge in [0.15, 0.2) is 0 Å². The van der Waals surface area contributed by atoms with Crippen LogP contribution in [-0.4, -0.2) is 18.3 Å². The summed E-state index contributed by atoms with van der Waals surface area (Å²) in [6, 6.07) is 1.82. The van der Waals surface area contributed by atoms with Crippen LogP contribution in [0.5, 0.6) is 0 Å². The molecular weight excluding hydrogens is 286 g/mol. The van der Waals surface area contributed by atoms with E-state index in [1.54, 1.807) is 0 Å². The smallest absolute Gasteiger partial charge is 0.252 e. The number of unbranched alkanes of at least 4 members (excludes halogenated alkanes) is 1. The molecule has 2 nitrogen and oxygen atoms in total. The molecule has 5 heteroatoms. The van der Waals surface area contributed by atoms with Crippen LogP contribution in [-0.2, 0) is 0 Å². The third-order valence-corrected chi connectivity index (χ3v) is 3.45. The fourth-order valence-corrected chi connectivity index (χ4v) is 2.28. The Hall–Kier alpha value is -0.0600. The number of hydrogen-bond donors (Lipinski definition) is 1. The van der Waals surface area contributed by atoms with Gasteiger partial charge in [0, 0.05) is 17.8 Å². The molecule has 1 rings (SSSR count). The number of amides is 1. The maximum absolute atomic E-state index is 11.5. The summed E-state index contributed by atoms with van der Waals surface area (Å²) in [6.07, 6.45) is 1.87. The van der Waals surface area contributed by atoms with E-state index in [1.165, 1.54) is 11.3 Å². The second-order valence-corrected chi connectivity index (χ2v) is 5.46. The van der Waals surface area contributed by atoms with Crippen LogP contribution >= 0.6 is 38.9 Å². The highest BCUT2D eigenvalue weighted by Gasteiger charge is 2.06. The Kier molecular flexibility index (Phi) is 5.52. The average Bonchev–Trinajstić information content (AvgIpc) is 2.59. The Morgan fingerprint density at radius 2 is 2.36 bits per heavy atom. The highest BCUT2D eigenvalue weighted by molar-refractivity contribution is 9.11. The molecule has 0 bridgehead atoms. The van der Waals surface area contributed by atoms with Crippen molar-refractivity contribution in [3.05, 3.63) is 20.8 Å². The lowest BCUT2D eigenvalue weighted by molar-refractivity contribution is 0.0953. The minimum Gasteiger partial charge on any atom is -0.352 e. The SMILES string of the molecule is O=C(NCCCCCl)c1csc(Br)c1. The van der Waals surface area contributed by atoms with Crippen molar-refractivity contribution in [2.75, 3.05) is 12.4 Å². The molecule has 0 aliphatic heterocycles. The van der Waals surface area contributed by atoms with E-state index in [2.05, 4.69) is 21.2 Å². The topological polar surface area (TPSA) is 29.1 Å². The lowest BCUT2D eigenvalue weighted by atomic mass is 10.3. The zero-order chi connectivity index (χ0) is 10.4. The monoisotopic (exact) mass is 295 g/mol. The quantitative estimate of drug-likeness (QED) is 0.656. The van der Waals surface area contributed by atoms with Gasteiger partial charge in [-0.15, -0.1) is 22.9 Å². The summed E-state index contributed by atoms with van der Waals surface area (Å²) < 4.78 is 0.975. The minimum atomic E-state index is -0.0125. The minimum absolute atomic E-state index is 0.0125. The van der Waals surface area contributed by atoms with E-state index in [9.17, 15) is 4.79 Å². The first kappa shape index (κ1) is 12.0. The average molecular weight is 297 g/mol. The number of alkyl halides is 1. The Morgan fingerprint density at radius 1 is 1.57 bits per heavy atom. The maximum atomic E-state index is 11.5. The van der Waals surface area contributed by atoms with E-state index in [4.69, 9.17) is 11.6 Å². The standard InChI is InChI=1S/C9H11BrClNOS/c10-8-5-7(6-14-8)9(13)12-4-2-1-3-11/h5-6H,1-4H2,(H,12,13). The molecule has 14 heavy (non-hydrogen) atoms. The Labute approximate surface area is 101 Å². The first-order valence-electron chi connectivity index (χ1n) is 4.32. The van der Waals surface area contributed by atoms with Crippen LogP contribution in [0.25, 0.3) is 0 Å². The molecule has 1 amide bonds. The molecule has 1 heterocycles. The van der Waals surface area contributed by atoms with Crippen molar-refractivity contribution < 1.29 is 4.79 Å². The van der Waals surface area contributed by atoms with Crippen LogP contribution in [0.4, 0.5) is 0 Å². The van der Waals surface area contributed by atoms with Crippen molar-refractivity contribution in [2.24, 2.45) is 0 Å². The van der Waals surface area contributed by atoms with Crippen LogP contribution in [0.1, 0.15) is 23.2 Å². The molecule has 0 unspecified atom stereocenters. The summed E-state index contributed by atoms with van der Waals surface area (Å²) in [5.74, 6) is 0.640. The Bertz CT molecular complexity index is 303. The molecular formula is C9H11BrClNOS. The van der Waals surface area contributed by atoms with Crippen molar-refractivity contribution in [3.8, 4) is 0 Å². The molecule has 0 saturated heterocycles. The van der Waals surface area contributed by atoms with Gasteiger partial charge in [-0.3, -0.25) is 4.79 Å². The van der Waals surface area contributed by atoms with Gasteiger partial charge in [0.1, 0.15) is 0 Å². The number of rotatable bonds is 5. The molecule has 0 radical (unpaired) electrons. The predicted octanol–water partition coefficient (Wildman–Crippen LogP) is 3.26. The molecule has 0 saturated carbocycles. The third-order valence-electron chi connectivity index (χ3n) is 1.68. The van der Waals surface area contributed by atoms with Crippen LogP contribution in [0, 0.1) is 0 Å². The van der Waals surface area contributed by atoms with E-state index >= 15 is 0 Å². The number of hydrogen-bond acceptors (Lipinski definition) is 2. The molecule has 0 fully saturated rings. The maximum Gasteiger partial charge on any atom is 0.252 e. The number of carbonyl (C=O) groups excluding carboxylic acids is 1. The lowest BCUT2D eigenvalue weighted by Gasteiger charge is -2.01. The Balaban J connectivity index is 2.29. The second kappa shape index (κ2) is 6.43. The fraction of sp³-hybridized carbons (Fsp3) is 0.444. The lowest BCUT2D eigenvalue weighted by Crippen LogP contribution is -2.23. The van der Waals surface area contributed by atoms with Crippen LogP contribution < -0.4 is 5.32 Å². The van der Waals surface area contributed by atoms with Gasteiger partial charge in [0.2, 0.25) is 0 Å². The summed E-state index contributed by atoms with van der Waals surface area (Å²) in [7, 11) is 0. The van der Waals surface area contributed by atoms with Gasteiger partial charge in [0.05, 0.1) is 9.35 Å². The predicted molar refractivity (Wildman–Crippen MR) is 64.3 cm³/mol. The molecule has 0 aromatic carbocycles. The van der Waals surface area contributed by atoms with Crippen LogP contribution in [0.15, 0.2) is 15.2 Å². The Morgan fingerprint density at radius 3 is 2.93 bits per heavy atom. The third kappa shape index (κ3) is 3.98. The summed E-state index contributed by atoms with van der Waals surface area (Å²) in [5.41, 5.74) is 0.716. The number of halogens is 2. The molecule has 0 spiro atoms. The molecule has 0 aliphatic rings. The zero-order valence-corrected chi connectivity index (χ0v) is 10.7. The van der Waals surface area contributed by atoms with Gasteiger partial charge in [-0.25, -0.2) is 0 Å². The molecule has 78 valence electrons. The first-order valence-corrected chi connectivity index (χ1v) is 6.53. The molecule has 1 aromatic rings. The van der Waals surface area contributed by atoms with E-state index in [-0.39, 0.29) is 5.91 Å². The van der Waals surface area contributed by atoms with Gasteiger partial charge < -0.3 is 5.32 Å². The van der Waals surface area contributed by atoms with Gasteiger partial charge >= 0.3 is 0 Å². The van der Waals surface area contributed by atoms with Crippen molar-refractivity contribution in [1.29, 1.82) is 0 Å². The van der Waals surface area contributed by atoms with Gasteiger partial charge in [-0.2, -0.15) is 0 Å². The van der Waals surface area contributed by atoms with E-state index < -0.39 is 0 Å². The largest absolute Gasteiger partial charge is 0.352 e. The highest BCUT2D eigenvalue weighted by atomic mass is 79.9. The summed E-state index contributed by atoms with van der Waals surface area (Å²) in [6.45, 7) is 0.693. The van der Waals surface area contributed by atoms with Crippen molar-refractivity contribution >= 4 is 44.8 Å². The summed E-state index contributed by atoms with van der Waals surface area (Å²) in [5, 5.41) is 4.67.